The van der Waals surface area contributed by atoms with E-state index >= 15 is 0 Å². The van der Waals surface area contributed by atoms with E-state index in [1.165, 1.54) is 18.7 Å². The zero-order valence-corrected chi connectivity index (χ0v) is 13.3. The van der Waals surface area contributed by atoms with Gasteiger partial charge in [-0.3, -0.25) is 26.3 Å². The Kier molecular flexibility index (Phi) is 4.61. The van der Waals surface area contributed by atoms with Gasteiger partial charge in [-0.1, -0.05) is 15.9 Å². The highest BCUT2D eigenvalue weighted by molar-refractivity contribution is 9.10. The van der Waals surface area contributed by atoms with Gasteiger partial charge in [0, 0.05) is 11.5 Å². The maximum atomic E-state index is 11.8. The highest BCUT2D eigenvalue weighted by Gasteiger charge is 2.25. The van der Waals surface area contributed by atoms with Crippen LogP contribution in [0.15, 0.2) is 28.7 Å². The summed E-state index contributed by atoms with van der Waals surface area (Å²) in [5.41, 5.74) is 5.73. The molecule has 0 aliphatic heterocycles. The van der Waals surface area contributed by atoms with Crippen LogP contribution in [0.2, 0.25) is 0 Å². The Bertz CT molecular complexity index is 712. The minimum Gasteiger partial charge on any atom is -0.297 e. The lowest BCUT2D eigenvalue weighted by molar-refractivity contribution is -0.384. The summed E-state index contributed by atoms with van der Waals surface area (Å²) in [6, 6.07) is 6.46. The van der Waals surface area contributed by atoms with Crippen molar-refractivity contribution in [3.8, 4) is 0 Å². The molecule has 1 heterocycles. The van der Waals surface area contributed by atoms with Gasteiger partial charge in [0.05, 0.1) is 10.6 Å². The third kappa shape index (κ3) is 3.52. The van der Waals surface area contributed by atoms with E-state index in [0.29, 0.717) is 5.69 Å². The van der Waals surface area contributed by atoms with Gasteiger partial charge < -0.3 is 0 Å². The summed E-state index contributed by atoms with van der Waals surface area (Å²) >= 11 is 3.30. The zero-order valence-electron chi connectivity index (χ0n) is 11.8. The predicted molar refractivity (Wildman–Crippen MR) is 84.5 cm³/mol. The first kappa shape index (κ1) is 15.8. The molecule has 0 fully saturated rings. The number of aromatic nitrogens is 2. The Hall–Kier alpha value is -2.62. The normalized spacial score (nSPS) is 10.1. The second-order valence-corrected chi connectivity index (χ2v) is 5.29. The third-order valence-corrected chi connectivity index (χ3v) is 3.30. The first-order valence-electron chi connectivity index (χ1n) is 6.15. The van der Waals surface area contributed by atoms with E-state index in [4.69, 9.17) is 0 Å². The molecule has 116 valence electrons. The van der Waals surface area contributed by atoms with Crippen molar-refractivity contribution in [1.29, 1.82) is 0 Å². The number of rotatable bonds is 4. The van der Waals surface area contributed by atoms with Crippen LogP contribution in [-0.2, 0) is 7.05 Å². The number of nitrogens with zero attached hydrogens (tertiary/aromatic N) is 3. The minimum atomic E-state index is -0.644. The summed E-state index contributed by atoms with van der Waals surface area (Å²) in [5, 5.41) is 17.3. The Morgan fingerprint density at radius 2 is 2.00 bits per heavy atom. The molecule has 0 saturated carbocycles. The van der Waals surface area contributed by atoms with Crippen molar-refractivity contribution in [2.45, 2.75) is 6.92 Å². The van der Waals surface area contributed by atoms with Crippen LogP contribution in [-0.4, -0.2) is 20.7 Å². The molecule has 0 radical (unpaired) electrons. The summed E-state index contributed by atoms with van der Waals surface area (Å²) in [5.74, 6) is 0.0117. The monoisotopic (exact) mass is 368 g/mol. The lowest BCUT2D eigenvalue weighted by Crippen LogP contribution is -2.34. The number of aryl methyl sites for hydroxylation is 2. The van der Waals surface area contributed by atoms with Crippen LogP contribution < -0.4 is 16.2 Å². The molecular weight excluding hydrogens is 356 g/mol. The average Bonchev–Trinajstić information content (AvgIpc) is 2.72. The molecular formula is C12H13BrN6O3. The van der Waals surface area contributed by atoms with Crippen LogP contribution >= 0.6 is 15.9 Å². The predicted octanol–water partition coefficient (Wildman–Crippen LogP) is 2.55. The second kappa shape index (κ2) is 6.43. The molecule has 2 amide bonds. The van der Waals surface area contributed by atoms with E-state index in [1.807, 2.05) is 0 Å². The number of benzene rings is 1. The van der Waals surface area contributed by atoms with Crippen LogP contribution in [0, 0.1) is 17.0 Å². The highest BCUT2D eigenvalue weighted by atomic mass is 79.9. The Labute approximate surface area is 133 Å². The number of anilines is 2. The van der Waals surface area contributed by atoms with E-state index in [9.17, 15) is 14.9 Å². The molecule has 10 heteroatoms. The van der Waals surface area contributed by atoms with Crippen LogP contribution in [0.3, 0.4) is 0 Å². The fourth-order valence-electron chi connectivity index (χ4n) is 1.81. The van der Waals surface area contributed by atoms with Gasteiger partial charge in [0.1, 0.15) is 5.69 Å². The minimum absolute atomic E-state index is 0.0117. The number of amides is 2. The molecule has 0 aliphatic carbocycles. The van der Waals surface area contributed by atoms with Crippen molar-refractivity contribution in [1.82, 2.24) is 15.2 Å². The van der Waals surface area contributed by atoms with Gasteiger partial charge in [0.25, 0.3) is 0 Å². The van der Waals surface area contributed by atoms with Gasteiger partial charge >= 0.3 is 11.7 Å². The van der Waals surface area contributed by atoms with Crippen LogP contribution in [0.1, 0.15) is 5.69 Å². The molecule has 1 aromatic heterocycles. The number of urea groups is 1. The van der Waals surface area contributed by atoms with Gasteiger partial charge in [-0.2, -0.15) is 5.10 Å². The van der Waals surface area contributed by atoms with E-state index in [-0.39, 0.29) is 17.2 Å². The van der Waals surface area contributed by atoms with Gasteiger partial charge in [0.2, 0.25) is 5.82 Å². The van der Waals surface area contributed by atoms with E-state index in [2.05, 4.69) is 37.2 Å². The molecule has 1 aromatic carbocycles. The Morgan fingerprint density at radius 1 is 1.36 bits per heavy atom. The summed E-state index contributed by atoms with van der Waals surface area (Å²) in [6.45, 7) is 1.50. The molecule has 2 aromatic rings. The Balaban J connectivity index is 2.03. The Morgan fingerprint density at radius 3 is 2.59 bits per heavy atom. The van der Waals surface area contributed by atoms with Gasteiger partial charge in [-0.05, 0) is 31.2 Å². The lowest BCUT2D eigenvalue weighted by atomic mass is 10.3. The first-order chi connectivity index (χ1) is 10.4. The first-order valence-corrected chi connectivity index (χ1v) is 6.94. The molecule has 9 nitrogen and oxygen atoms in total. The molecule has 0 saturated heterocycles. The van der Waals surface area contributed by atoms with Crippen molar-refractivity contribution in [3.63, 3.8) is 0 Å². The van der Waals surface area contributed by atoms with E-state index in [1.54, 1.807) is 24.3 Å². The van der Waals surface area contributed by atoms with E-state index < -0.39 is 11.0 Å². The maximum Gasteiger partial charge on any atom is 0.339 e. The van der Waals surface area contributed by atoms with Crippen LogP contribution in [0.25, 0.3) is 0 Å². The van der Waals surface area contributed by atoms with Crippen molar-refractivity contribution >= 4 is 39.2 Å². The standard InChI is InChI=1S/C12H13BrN6O3/c1-7-10(19(21)22)11(18(2)17-7)14-12(20)16-15-9-5-3-8(13)4-6-9/h3-6,15H,1-2H3,(H2,14,16,20). The van der Waals surface area contributed by atoms with Crippen LogP contribution in [0.4, 0.5) is 22.0 Å². The number of hydrogen-bond acceptors (Lipinski definition) is 5. The largest absolute Gasteiger partial charge is 0.339 e. The van der Waals surface area contributed by atoms with E-state index in [0.717, 1.165) is 4.47 Å². The van der Waals surface area contributed by atoms with Gasteiger partial charge in [-0.25, -0.2) is 9.48 Å². The molecule has 0 spiro atoms. The summed E-state index contributed by atoms with van der Waals surface area (Å²) < 4.78 is 2.15. The number of carbonyl (C=O) groups excluding carboxylic acids is 1. The van der Waals surface area contributed by atoms with Crippen molar-refractivity contribution < 1.29 is 9.72 Å². The van der Waals surface area contributed by atoms with Crippen molar-refractivity contribution in [3.05, 3.63) is 44.5 Å². The molecule has 22 heavy (non-hydrogen) atoms. The number of nitrogens with one attached hydrogen (secondary N) is 3. The lowest BCUT2D eigenvalue weighted by Gasteiger charge is -2.09. The summed E-state index contributed by atoms with van der Waals surface area (Å²) in [4.78, 5) is 22.3. The van der Waals surface area contributed by atoms with Crippen molar-refractivity contribution in [2.24, 2.45) is 7.05 Å². The number of halogens is 1. The quantitative estimate of drug-likeness (QED) is 0.566. The van der Waals surface area contributed by atoms with Crippen LogP contribution in [0.5, 0.6) is 0 Å². The fraction of sp³-hybridized carbons (Fsp3) is 0.167. The van der Waals surface area contributed by atoms with Gasteiger partial charge in [-0.15, -0.1) is 0 Å². The number of nitro groups is 1. The topological polar surface area (TPSA) is 114 Å². The number of hydrazine groups is 1. The maximum absolute atomic E-state index is 11.8. The third-order valence-electron chi connectivity index (χ3n) is 2.77. The highest BCUT2D eigenvalue weighted by Crippen LogP contribution is 2.27. The van der Waals surface area contributed by atoms with Gasteiger partial charge in [0.15, 0.2) is 0 Å². The SMILES string of the molecule is Cc1nn(C)c(NC(=O)NNc2ccc(Br)cc2)c1[N+](=O)[O-]. The molecule has 2 rings (SSSR count). The summed E-state index contributed by atoms with van der Waals surface area (Å²) in [7, 11) is 1.51. The zero-order chi connectivity index (χ0) is 16.3. The molecule has 3 N–H and O–H groups in total. The average molecular weight is 369 g/mol. The molecule has 0 aliphatic rings. The fourth-order valence-corrected chi connectivity index (χ4v) is 2.07. The molecule has 0 bridgehead atoms. The summed E-state index contributed by atoms with van der Waals surface area (Å²) in [6.07, 6.45) is 0. The second-order valence-electron chi connectivity index (χ2n) is 4.37. The molecule has 0 unspecified atom stereocenters. The number of hydrogen-bond donors (Lipinski definition) is 3. The number of carbonyl (C=O) groups is 1. The molecule has 0 atom stereocenters. The smallest absolute Gasteiger partial charge is 0.297 e. The van der Waals surface area contributed by atoms with Crippen molar-refractivity contribution in [2.75, 3.05) is 10.7 Å².